The van der Waals surface area contributed by atoms with Crippen LogP contribution in [0.4, 0.5) is 30.7 Å². The molecule has 0 aromatic heterocycles. The van der Waals surface area contributed by atoms with E-state index in [0.29, 0.717) is 0 Å². The van der Waals surface area contributed by atoms with Crippen molar-refractivity contribution in [1.82, 2.24) is 0 Å². The van der Waals surface area contributed by atoms with Gasteiger partial charge in [-0.25, -0.2) is 0 Å². The number of hydrogen-bond donors (Lipinski definition) is 1. The maximum atomic E-state index is 12.1. The van der Waals surface area contributed by atoms with Gasteiger partial charge in [0.15, 0.2) is 0 Å². The average molecular weight is 214 g/mol. The zero-order chi connectivity index (χ0) is 11.1. The summed E-state index contributed by atoms with van der Waals surface area (Å²) in [5.74, 6) is -11.8. The second-order valence-corrected chi connectivity index (χ2v) is 2.37. The van der Waals surface area contributed by atoms with Gasteiger partial charge < -0.3 is 5.11 Å². The molecule has 0 heterocycles. The van der Waals surface area contributed by atoms with Crippen LogP contribution in [0.25, 0.3) is 0 Å². The highest BCUT2D eigenvalue weighted by Crippen LogP contribution is 2.47. The van der Waals surface area contributed by atoms with Crippen molar-refractivity contribution in [3.8, 4) is 0 Å². The van der Waals surface area contributed by atoms with Gasteiger partial charge in [0.25, 0.3) is 0 Å². The zero-order valence-electron chi connectivity index (χ0n) is 6.17. The van der Waals surface area contributed by atoms with E-state index in [1.165, 1.54) is 0 Å². The predicted molar refractivity (Wildman–Crippen MR) is 27.6 cm³/mol. The van der Waals surface area contributed by atoms with Gasteiger partial charge in [-0.2, -0.15) is 30.7 Å². The molecule has 0 amide bonds. The van der Waals surface area contributed by atoms with Crippen molar-refractivity contribution in [2.75, 3.05) is 0 Å². The Morgan fingerprint density at radius 2 is 1.23 bits per heavy atom. The summed E-state index contributed by atoms with van der Waals surface area (Å²) < 4.78 is 82.1. The van der Waals surface area contributed by atoms with Crippen molar-refractivity contribution >= 4 is 0 Å². The average Bonchev–Trinajstić information content (AvgIpc) is 1.84. The highest BCUT2D eigenvalue weighted by atomic mass is 19.4. The number of halogens is 7. The van der Waals surface area contributed by atoms with E-state index in [1.54, 1.807) is 0 Å². The summed E-state index contributed by atoms with van der Waals surface area (Å²) in [6, 6.07) is 0. The molecule has 0 radical (unpaired) electrons. The normalized spacial score (nSPS) is 17.3. The van der Waals surface area contributed by atoms with E-state index in [-0.39, 0.29) is 6.92 Å². The van der Waals surface area contributed by atoms with Crippen molar-refractivity contribution in [3.05, 3.63) is 0 Å². The first-order valence-corrected chi connectivity index (χ1v) is 2.95. The third-order valence-electron chi connectivity index (χ3n) is 1.30. The second kappa shape index (κ2) is 3.00. The molecule has 0 aliphatic rings. The van der Waals surface area contributed by atoms with Crippen LogP contribution < -0.4 is 0 Å². The Bertz CT molecular complexity index is 182. The summed E-state index contributed by atoms with van der Waals surface area (Å²) in [6.07, 6.45) is -9.46. The third kappa shape index (κ3) is 1.87. The van der Waals surface area contributed by atoms with Gasteiger partial charge in [-0.1, -0.05) is 0 Å². The molecule has 1 atom stereocenters. The molecule has 1 N–H and O–H groups in total. The number of hydrogen-bond acceptors (Lipinski definition) is 1. The Labute approximate surface area is 68.2 Å². The third-order valence-corrected chi connectivity index (χ3v) is 1.30. The molecule has 0 fully saturated rings. The molecule has 0 aromatic carbocycles. The van der Waals surface area contributed by atoms with E-state index < -0.39 is 24.1 Å². The van der Waals surface area contributed by atoms with E-state index in [4.69, 9.17) is 5.11 Å². The van der Waals surface area contributed by atoms with Gasteiger partial charge in [0.05, 0.1) is 0 Å². The predicted octanol–water partition coefficient (Wildman–Crippen LogP) is 2.20. The fourth-order valence-corrected chi connectivity index (χ4v) is 0.451. The molecule has 0 bridgehead atoms. The summed E-state index contributed by atoms with van der Waals surface area (Å²) in [7, 11) is 0. The monoisotopic (exact) mass is 214 g/mol. The van der Waals surface area contributed by atoms with Crippen LogP contribution >= 0.6 is 0 Å². The highest BCUT2D eigenvalue weighted by molar-refractivity contribution is 4.94. The van der Waals surface area contributed by atoms with Gasteiger partial charge in [-0.3, -0.25) is 0 Å². The molecule has 0 aliphatic carbocycles. The van der Waals surface area contributed by atoms with Gasteiger partial charge >= 0.3 is 18.0 Å². The number of rotatable bonds is 2. The van der Waals surface area contributed by atoms with Crippen LogP contribution in [0.2, 0.25) is 0 Å². The molecular formula is C5H5F7O. The highest BCUT2D eigenvalue weighted by Gasteiger charge is 2.74. The first-order chi connectivity index (χ1) is 5.44. The fourth-order valence-electron chi connectivity index (χ4n) is 0.451. The first kappa shape index (κ1) is 12.5. The van der Waals surface area contributed by atoms with E-state index >= 15 is 0 Å². The lowest BCUT2D eigenvalue weighted by Gasteiger charge is -2.29. The molecule has 8 heteroatoms. The Morgan fingerprint density at radius 1 is 0.923 bits per heavy atom. The van der Waals surface area contributed by atoms with Crippen molar-refractivity contribution < 1.29 is 35.8 Å². The summed E-state index contributed by atoms with van der Waals surface area (Å²) in [5, 5.41) is 8.05. The molecule has 0 rings (SSSR count). The Balaban J connectivity index is 5.04. The zero-order valence-corrected chi connectivity index (χ0v) is 6.17. The standard InChI is InChI=1S/C5H5F7O/c1-2(13)3(6,7)4(8,9)5(10,11)12/h2,13H,1H3/t2-/m1/s1. The molecule has 0 spiro atoms. The smallest absolute Gasteiger partial charge is 0.387 e. The lowest BCUT2D eigenvalue weighted by atomic mass is 10.1. The maximum Gasteiger partial charge on any atom is 0.459 e. The maximum absolute atomic E-state index is 12.1. The van der Waals surface area contributed by atoms with Gasteiger partial charge in [-0.15, -0.1) is 0 Å². The van der Waals surface area contributed by atoms with E-state index in [9.17, 15) is 30.7 Å². The van der Waals surface area contributed by atoms with Crippen LogP contribution in [0.5, 0.6) is 0 Å². The lowest BCUT2D eigenvalue weighted by molar-refractivity contribution is -0.369. The molecule has 0 aromatic rings. The van der Waals surface area contributed by atoms with Gasteiger partial charge in [-0.05, 0) is 6.92 Å². The second-order valence-electron chi connectivity index (χ2n) is 2.37. The largest absolute Gasteiger partial charge is 0.459 e. The number of aliphatic hydroxyl groups excluding tert-OH is 1. The van der Waals surface area contributed by atoms with Crippen molar-refractivity contribution in [2.24, 2.45) is 0 Å². The molecule has 0 unspecified atom stereocenters. The summed E-state index contributed by atoms with van der Waals surface area (Å²) in [5.41, 5.74) is 0. The van der Waals surface area contributed by atoms with Crippen molar-refractivity contribution in [2.45, 2.75) is 31.0 Å². The van der Waals surface area contributed by atoms with Crippen LogP contribution in [0.1, 0.15) is 6.92 Å². The summed E-state index contributed by atoms with van der Waals surface area (Å²) in [4.78, 5) is 0. The van der Waals surface area contributed by atoms with Gasteiger partial charge in [0, 0.05) is 0 Å². The Morgan fingerprint density at radius 3 is 1.31 bits per heavy atom. The van der Waals surface area contributed by atoms with Crippen LogP contribution in [0.15, 0.2) is 0 Å². The van der Waals surface area contributed by atoms with E-state index in [1.807, 2.05) is 0 Å². The van der Waals surface area contributed by atoms with Crippen LogP contribution in [-0.2, 0) is 0 Å². The topological polar surface area (TPSA) is 20.2 Å². The summed E-state index contributed by atoms with van der Waals surface area (Å²) >= 11 is 0. The minimum absolute atomic E-state index is 0.152. The van der Waals surface area contributed by atoms with E-state index in [2.05, 4.69) is 0 Å². The van der Waals surface area contributed by atoms with Gasteiger partial charge in [0.1, 0.15) is 6.10 Å². The van der Waals surface area contributed by atoms with Crippen molar-refractivity contribution in [3.63, 3.8) is 0 Å². The number of aliphatic hydroxyl groups is 1. The summed E-state index contributed by atoms with van der Waals surface area (Å²) in [6.45, 7) is 0.152. The van der Waals surface area contributed by atoms with E-state index in [0.717, 1.165) is 0 Å². The fraction of sp³-hybridized carbons (Fsp3) is 1.00. The van der Waals surface area contributed by atoms with Crippen LogP contribution in [0.3, 0.4) is 0 Å². The molecule has 0 aliphatic heterocycles. The molecule has 80 valence electrons. The van der Waals surface area contributed by atoms with Crippen LogP contribution in [-0.4, -0.2) is 29.2 Å². The Kier molecular flexibility index (Phi) is 2.88. The first-order valence-electron chi connectivity index (χ1n) is 2.95. The molecule has 1 nitrogen and oxygen atoms in total. The number of alkyl halides is 7. The Hall–Kier alpha value is -0.530. The molecular weight excluding hydrogens is 209 g/mol. The molecule has 0 saturated carbocycles. The molecule has 13 heavy (non-hydrogen) atoms. The lowest BCUT2D eigenvalue weighted by Crippen LogP contribution is -2.56. The van der Waals surface area contributed by atoms with Gasteiger partial charge in [0.2, 0.25) is 0 Å². The quantitative estimate of drug-likeness (QED) is 0.698. The van der Waals surface area contributed by atoms with Crippen molar-refractivity contribution in [1.29, 1.82) is 0 Å². The minimum Gasteiger partial charge on any atom is -0.387 e. The van der Waals surface area contributed by atoms with Crippen LogP contribution in [0, 0.1) is 0 Å². The minimum atomic E-state index is -6.38. The molecule has 0 saturated heterocycles. The SMILES string of the molecule is C[C@@H](O)C(F)(F)C(F)(F)C(F)(F)F.